The number of carbonyl (C=O) groups excluding carboxylic acids is 2. The van der Waals surface area contributed by atoms with Crippen molar-refractivity contribution in [2.24, 2.45) is 0 Å². The number of nitrogens with zero attached hydrogens (tertiary/aromatic N) is 1. The van der Waals surface area contributed by atoms with Crippen molar-refractivity contribution in [1.82, 2.24) is 0 Å². The van der Waals surface area contributed by atoms with Gasteiger partial charge in [-0.05, 0) is 55.3 Å². The maximum atomic E-state index is 13.3. The summed E-state index contributed by atoms with van der Waals surface area (Å²) < 4.78 is 16.4. The van der Waals surface area contributed by atoms with Gasteiger partial charge in [-0.1, -0.05) is 18.2 Å². The molecule has 1 aliphatic rings. The lowest BCUT2D eigenvalue weighted by Gasteiger charge is -2.25. The molecular weight excluding hydrogens is 410 g/mol. The van der Waals surface area contributed by atoms with Gasteiger partial charge in [-0.3, -0.25) is 14.5 Å². The molecule has 1 saturated heterocycles. The Morgan fingerprint density at radius 2 is 1.69 bits per heavy atom. The molecule has 0 spiro atoms. The van der Waals surface area contributed by atoms with E-state index in [9.17, 15) is 14.7 Å². The number of aliphatic hydroxyl groups excluding tert-OH is 1. The van der Waals surface area contributed by atoms with Crippen molar-refractivity contribution in [2.75, 3.05) is 19.1 Å². The molecule has 1 unspecified atom stereocenters. The molecule has 4 rings (SSSR count). The number of hydrogen-bond donors (Lipinski definition) is 1. The van der Waals surface area contributed by atoms with E-state index < -0.39 is 23.5 Å². The van der Waals surface area contributed by atoms with Gasteiger partial charge in [0.2, 0.25) is 0 Å². The molecule has 0 saturated carbocycles. The first-order valence-electron chi connectivity index (χ1n) is 10.0. The number of anilines is 1. The highest BCUT2D eigenvalue weighted by molar-refractivity contribution is 6.51. The predicted molar refractivity (Wildman–Crippen MR) is 119 cm³/mol. The number of carbonyl (C=O) groups is 2. The Morgan fingerprint density at radius 3 is 2.28 bits per heavy atom. The van der Waals surface area contributed by atoms with Gasteiger partial charge in [0.05, 0.1) is 26.1 Å². The van der Waals surface area contributed by atoms with Crippen LogP contribution in [0.3, 0.4) is 0 Å². The van der Waals surface area contributed by atoms with Gasteiger partial charge in [0.15, 0.2) is 0 Å². The molecule has 0 radical (unpaired) electrons. The third-order valence-electron chi connectivity index (χ3n) is 5.55. The van der Waals surface area contributed by atoms with Crippen LogP contribution in [-0.4, -0.2) is 31.0 Å². The SMILES string of the molecule is COc1cccc(OC)c1/C(O)=C1\C(=O)C(=O)N(c2cc(C)ccc2C)C1c1ccco1. The third kappa shape index (κ3) is 3.32. The van der Waals surface area contributed by atoms with Crippen molar-refractivity contribution in [2.45, 2.75) is 19.9 Å². The Labute approximate surface area is 185 Å². The lowest BCUT2D eigenvalue weighted by Crippen LogP contribution is -2.30. The minimum atomic E-state index is -0.958. The van der Waals surface area contributed by atoms with Crippen LogP contribution in [0, 0.1) is 13.8 Å². The number of ether oxygens (including phenoxy) is 2. The highest BCUT2D eigenvalue weighted by Gasteiger charge is 2.49. The standard InChI is InChI=1S/C25H23NO6/c1-14-10-11-15(2)16(13-14)26-22(19-9-6-12-32-19)21(24(28)25(26)29)23(27)20-17(30-3)7-5-8-18(20)31-4/h5-13,22,27H,1-4H3/b23-21+. The molecule has 1 aliphatic heterocycles. The molecule has 0 aliphatic carbocycles. The van der Waals surface area contributed by atoms with Gasteiger partial charge < -0.3 is 19.0 Å². The van der Waals surface area contributed by atoms with E-state index in [0.29, 0.717) is 22.9 Å². The maximum absolute atomic E-state index is 13.3. The largest absolute Gasteiger partial charge is 0.506 e. The first-order valence-corrected chi connectivity index (χ1v) is 10.0. The molecular formula is C25H23NO6. The summed E-state index contributed by atoms with van der Waals surface area (Å²) in [5, 5.41) is 11.4. The quantitative estimate of drug-likeness (QED) is 0.361. The number of rotatable bonds is 5. The number of aryl methyl sites for hydroxylation is 2. The molecule has 32 heavy (non-hydrogen) atoms. The number of methoxy groups -OCH3 is 2. The summed E-state index contributed by atoms with van der Waals surface area (Å²) in [6, 6.07) is 13.0. The fraction of sp³-hybridized carbons (Fsp3) is 0.200. The summed E-state index contributed by atoms with van der Waals surface area (Å²) in [6.07, 6.45) is 1.46. The monoisotopic (exact) mass is 433 g/mol. The van der Waals surface area contributed by atoms with E-state index in [2.05, 4.69) is 0 Å². The minimum Gasteiger partial charge on any atom is -0.506 e. The van der Waals surface area contributed by atoms with Crippen molar-refractivity contribution in [3.8, 4) is 11.5 Å². The van der Waals surface area contributed by atoms with Crippen LogP contribution in [0.1, 0.15) is 28.5 Å². The third-order valence-corrected chi connectivity index (χ3v) is 5.55. The predicted octanol–water partition coefficient (Wildman–Crippen LogP) is 4.54. The Hall–Kier alpha value is -4.00. The van der Waals surface area contributed by atoms with Crippen LogP contribution in [0.2, 0.25) is 0 Å². The zero-order valence-electron chi connectivity index (χ0n) is 18.2. The fourth-order valence-electron chi connectivity index (χ4n) is 4.00. The average Bonchev–Trinajstić information content (AvgIpc) is 3.41. The van der Waals surface area contributed by atoms with E-state index in [0.717, 1.165) is 11.1 Å². The molecule has 7 nitrogen and oxygen atoms in total. The van der Waals surface area contributed by atoms with Crippen LogP contribution in [-0.2, 0) is 9.59 Å². The molecule has 1 atom stereocenters. The number of benzene rings is 2. The summed E-state index contributed by atoms with van der Waals surface area (Å²) in [7, 11) is 2.90. The van der Waals surface area contributed by atoms with Crippen molar-refractivity contribution in [3.05, 3.63) is 82.8 Å². The van der Waals surface area contributed by atoms with Crippen molar-refractivity contribution in [1.29, 1.82) is 0 Å². The summed E-state index contributed by atoms with van der Waals surface area (Å²) in [5.74, 6) is -1.02. The summed E-state index contributed by atoms with van der Waals surface area (Å²) in [4.78, 5) is 27.9. The molecule has 0 bridgehead atoms. The van der Waals surface area contributed by atoms with Gasteiger partial charge in [-0.2, -0.15) is 0 Å². The Morgan fingerprint density at radius 1 is 1.00 bits per heavy atom. The van der Waals surface area contributed by atoms with Crippen LogP contribution in [0.15, 0.2) is 64.8 Å². The Balaban J connectivity index is 2.02. The normalized spacial score (nSPS) is 17.6. The van der Waals surface area contributed by atoms with Gasteiger partial charge in [-0.15, -0.1) is 0 Å². The Kier molecular flexibility index (Phi) is 5.48. The molecule has 1 amide bonds. The van der Waals surface area contributed by atoms with Crippen molar-refractivity contribution >= 4 is 23.1 Å². The second-order valence-electron chi connectivity index (χ2n) is 7.51. The average molecular weight is 433 g/mol. The van der Waals surface area contributed by atoms with Crippen LogP contribution < -0.4 is 14.4 Å². The zero-order valence-corrected chi connectivity index (χ0v) is 18.2. The smallest absolute Gasteiger partial charge is 0.300 e. The molecule has 2 aromatic carbocycles. The van der Waals surface area contributed by atoms with E-state index in [1.165, 1.54) is 25.4 Å². The molecule has 1 N–H and O–H groups in total. The molecule has 7 heteroatoms. The van der Waals surface area contributed by atoms with Gasteiger partial charge >= 0.3 is 0 Å². The lowest BCUT2D eigenvalue weighted by molar-refractivity contribution is -0.132. The highest BCUT2D eigenvalue weighted by Crippen LogP contribution is 2.45. The molecule has 164 valence electrons. The van der Waals surface area contributed by atoms with Gasteiger partial charge in [0.1, 0.15) is 34.6 Å². The van der Waals surface area contributed by atoms with E-state index in [1.807, 2.05) is 32.0 Å². The van der Waals surface area contributed by atoms with Gasteiger partial charge in [0.25, 0.3) is 11.7 Å². The molecule has 3 aromatic rings. The zero-order chi connectivity index (χ0) is 23.0. The first-order chi connectivity index (χ1) is 15.4. The van der Waals surface area contributed by atoms with E-state index in [-0.39, 0.29) is 11.1 Å². The van der Waals surface area contributed by atoms with E-state index in [4.69, 9.17) is 13.9 Å². The molecule has 2 heterocycles. The summed E-state index contributed by atoms with van der Waals surface area (Å²) in [5.41, 5.74) is 2.39. The molecule has 1 aromatic heterocycles. The number of Topliss-reactive ketones (excluding diaryl/α,β-unsaturated/α-hetero) is 1. The lowest BCUT2D eigenvalue weighted by atomic mass is 9.97. The van der Waals surface area contributed by atoms with Crippen molar-refractivity contribution < 1.29 is 28.6 Å². The topological polar surface area (TPSA) is 89.2 Å². The second kappa shape index (κ2) is 8.26. The van der Waals surface area contributed by atoms with Crippen LogP contribution >= 0.6 is 0 Å². The number of hydrogen-bond acceptors (Lipinski definition) is 6. The van der Waals surface area contributed by atoms with Crippen LogP contribution in [0.5, 0.6) is 11.5 Å². The summed E-state index contributed by atoms with van der Waals surface area (Å²) in [6.45, 7) is 3.76. The van der Waals surface area contributed by atoms with E-state index >= 15 is 0 Å². The van der Waals surface area contributed by atoms with Gasteiger partial charge in [0, 0.05) is 5.69 Å². The maximum Gasteiger partial charge on any atom is 0.300 e. The van der Waals surface area contributed by atoms with Crippen LogP contribution in [0.25, 0.3) is 5.76 Å². The number of aliphatic hydroxyl groups is 1. The van der Waals surface area contributed by atoms with Gasteiger partial charge in [-0.25, -0.2) is 0 Å². The fourth-order valence-corrected chi connectivity index (χ4v) is 4.00. The summed E-state index contributed by atoms with van der Waals surface area (Å²) >= 11 is 0. The Bertz CT molecular complexity index is 1200. The van der Waals surface area contributed by atoms with Crippen LogP contribution in [0.4, 0.5) is 5.69 Å². The minimum absolute atomic E-state index is 0.103. The highest BCUT2D eigenvalue weighted by atomic mass is 16.5. The molecule has 1 fully saturated rings. The first kappa shape index (κ1) is 21.2. The van der Waals surface area contributed by atoms with E-state index in [1.54, 1.807) is 30.3 Å². The number of ketones is 1. The van der Waals surface area contributed by atoms with Crippen molar-refractivity contribution in [3.63, 3.8) is 0 Å². The number of furan rings is 1. The number of amides is 1. The second-order valence-corrected chi connectivity index (χ2v) is 7.51.